The molecule has 2 rings (SSSR count). The summed E-state index contributed by atoms with van der Waals surface area (Å²) in [4.78, 5) is 0. The van der Waals surface area contributed by atoms with Gasteiger partial charge in [0.2, 0.25) is 0 Å². The van der Waals surface area contributed by atoms with E-state index in [1.165, 1.54) is 12.1 Å². The second-order valence-electron chi connectivity index (χ2n) is 3.87. The van der Waals surface area contributed by atoms with Crippen LogP contribution in [0.3, 0.4) is 0 Å². The third kappa shape index (κ3) is 2.83. The molecule has 0 unspecified atom stereocenters. The summed E-state index contributed by atoms with van der Waals surface area (Å²) in [5.74, 6) is 0.420. The molecule has 1 aromatic rings. The van der Waals surface area contributed by atoms with Gasteiger partial charge in [0.1, 0.15) is 18.2 Å². The first kappa shape index (κ1) is 11.1. The van der Waals surface area contributed by atoms with Gasteiger partial charge in [-0.25, -0.2) is 4.39 Å². The van der Waals surface area contributed by atoms with E-state index >= 15 is 0 Å². The van der Waals surface area contributed by atoms with E-state index in [9.17, 15) is 4.39 Å². The highest BCUT2D eigenvalue weighted by atomic mass is 19.1. The SMILES string of the molecule is C=C[C@@H]1CC[C@@H](COc2ccc(F)cc2)O1. The number of benzene rings is 1. The molecule has 2 nitrogen and oxygen atoms in total. The number of ether oxygens (including phenoxy) is 2. The summed E-state index contributed by atoms with van der Waals surface area (Å²) in [6.45, 7) is 4.21. The Morgan fingerprint density at radius 1 is 1.38 bits per heavy atom. The van der Waals surface area contributed by atoms with E-state index in [-0.39, 0.29) is 18.0 Å². The maximum Gasteiger partial charge on any atom is 0.123 e. The predicted molar refractivity (Wildman–Crippen MR) is 60.0 cm³/mol. The predicted octanol–water partition coefficient (Wildman–Crippen LogP) is 2.94. The molecule has 1 saturated heterocycles. The van der Waals surface area contributed by atoms with Gasteiger partial charge >= 0.3 is 0 Å². The van der Waals surface area contributed by atoms with E-state index in [1.807, 2.05) is 6.08 Å². The molecule has 2 atom stereocenters. The van der Waals surface area contributed by atoms with Gasteiger partial charge in [0.15, 0.2) is 0 Å². The molecule has 0 spiro atoms. The van der Waals surface area contributed by atoms with E-state index in [0.717, 1.165) is 12.8 Å². The summed E-state index contributed by atoms with van der Waals surface area (Å²) < 4.78 is 23.8. The van der Waals surface area contributed by atoms with E-state index < -0.39 is 0 Å². The fraction of sp³-hybridized carbons (Fsp3) is 0.385. The van der Waals surface area contributed by atoms with Gasteiger partial charge < -0.3 is 9.47 Å². The average Bonchev–Trinajstić information content (AvgIpc) is 2.76. The van der Waals surface area contributed by atoms with Crippen LogP contribution in [0.25, 0.3) is 0 Å². The van der Waals surface area contributed by atoms with Crippen LogP contribution < -0.4 is 4.74 Å². The summed E-state index contributed by atoms with van der Waals surface area (Å²) in [6.07, 6.45) is 4.08. The summed E-state index contributed by atoms with van der Waals surface area (Å²) in [6, 6.07) is 6.01. The minimum absolute atomic E-state index is 0.119. The Labute approximate surface area is 94.7 Å². The normalized spacial score (nSPS) is 24.3. The molecule has 0 saturated carbocycles. The Morgan fingerprint density at radius 3 is 2.75 bits per heavy atom. The third-order valence-electron chi connectivity index (χ3n) is 2.65. The summed E-state index contributed by atoms with van der Waals surface area (Å²) >= 11 is 0. The van der Waals surface area contributed by atoms with Gasteiger partial charge in [-0.2, -0.15) is 0 Å². The topological polar surface area (TPSA) is 18.5 Å². The fourth-order valence-electron chi connectivity index (χ4n) is 1.75. The van der Waals surface area contributed by atoms with Gasteiger partial charge in [-0.3, -0.25) is 0 Å². The van der Waals surface area contributed by atoms with Crippen molar-refractivity contribution in [2.45, 2.75) is 25.0 Å². The van der Waals surface area contributed by atoms with Crippen molar-refractivity contribution >= 4 is 0 Å². The lowest BCUT2D eigenvalue weighted by atomic mass is 10.2. The highest BCUT2D eigenvalue weighted by Crippen LogP contribution is 2.21. The molecule has 0 bridgehead atoms. The van der Waals surface area contributed by atoms with Crippen molar-refractivity contribution in [3.63, 3.8) is 0 Å². The van der Waals surface area contributed by atoms with E-state index in [2.05, 4.69) is 6.58 Å². The highest BCUT2D eigenvalue weighted by Gasteiger charge is 2.23. The molecule has 0 aliphatic carbocycles. The molecule has 86 valence electrons. The standard InChI is InChI=1S/C13H15FO2/c1-2-11-7-8-13(16-11)9-15-12-5-3-10(14)4-6-12/h2-6,11,13H,1,7-9H2/t11-,13+/m1/s1. The van der Waals surface area contributed by atoms with Crippen molar-refractivity contribution in [1.29, 1.82) is 0 Å². The Morgan fingerprint density at radius 2 is 2.12 bits per heavy atom. The second kappa shape index (κ2) is 5.12. The van der Waals surface area contributed by atoms with Gasteiger partial charge in [0.05, 0.1) is 12.2 Å². The Hall–Kier alpha value is -1.35. The van der Waals surface area contributed by atoms with Crippen molar-refractivity contribution in [3.05, 3.63) is 42.7 Å². The monoisotopic (exact) mass is 222 g/mol. The van der Waals surface area contributed by atoms with Crippen molar-refractivity contribution in [3.8, 4) is 5.75 Å². The van der Waals surface area contributed by atoms with Crippen molar-refractivity contribution in [2.24, 2.45) is 0 Å². The zero-order valence-electron chi connectivity index (χ0n) is 9.06. The molecular weight excluding hydrogens is 207 g/mol. The van der Waals surface area contributed by atoms with Crippen LogP contribution in [0.1, 0.15) is 12.8 Å². The lowest BCUT2D eigenvalue weighted by Crippen LogP contribution is -2.18. The second-order valence-corrected chi connectivity index (χ2v) is 3.87. The number of halogens is 1. The van der Waals surface area contributed by atoms with Crippen molar-refractivity contribution in [2.75, 3.05) is 6.61 Å². The number of hydrogen-bond acceptors (Lipinski definition) is 2. The fourth-order valence-corrected chi connectivity index (χ4v) is 1.75. The number of hydrogen-bond donors (Lipinski definition) is 0. The summed E-state index contributed by atoms with van der Waals surface area (Å²) in [7, 11) is 0. The molecule has 1 aromatic carbocycles. The van der Waals surface area contributed by atoms with E-state index in [4.69, 9.17) is 9.47 Å². The summed E-state index contributed by atoms with van der Waals surface area (Å²) in [5.41, 5.74) is 0. The first-order valence-electron chi connectivity index (χ1n) is 5.44. The van der Waals surface area contributed by atoms with Gasteiger partial charge in [-0.15, -0.1) is 6.58 Å². The maximum absolute atomic E-state index is 12.6. The van der Waals surface area contributed by atoms with Crippen LogP contribution in [0.4, 0.5) is 4.39 Å². The quantitative estimate of drug-likeness (QED) is 0.729. The van der Waals surface area contributed by atoms with Crippen LogP contribution in [0.5, 0.6) is 5.75 Å². The molecule has 0 aromatic heterocycles. The Kier molecular flexibility index (Phi) is 3.57. The molecule has 1 aliphatic rings. The van der Waals surface area contributed by atoms with Crippen LogP contribution in [0.2, 0.25) is 0 Å². The van der Waals surface area contributed by atoms with E-state index in [1.54, 1.807) is 12.1 Å². The zero-order valence-corrected chi connectivity index (χ0v) is 9.06. The van der Waals surface area contributed by atoms with Crippen LogP contribution in [0.15, 0.2) is 36.9 Å². The first-order valence-corrected chi connectivity index (χ1v) is 5.44. The largest absolute Gasteiger partial charge is 0.491 e. The smallest absolute Gasteiger partial charge is 0.123 e. The molecular formula is C13H15FO2. The minimum atomic E-state index is -0.254. The molecule has 1 aliphatic heterocycles. The van der Waals surface area contributed by atoms with Gasteiger partial charge in [0.25, 0.3) is 0 Å². The van der Waals surface area contributed by atoms with Crippen LogP contribution in [-0.2, 0) is 4.74 Å². The molecule has 1 heterocycles. The first-order chi connectivity index (χ1) is 7.78. The molecule has 16 heavy (non-hydrogen) atoms. The van der Waals surface area contributed by atoms with Crippen LogP contribution in [-0.4, -0.2) is 18.8 Å². The molecule has 0 N–H and O–H groups in total. The maximum atomic E-state index is 12.6. The third-order valence-corrected chi connectivity index (χ3v) is 2.65. The zero-order chi connectivity index (χ0) is 11.4. The highest BCUT2D eigenvalue weighted by molar-refractivity contribution is 5.22. The van der Waals surface area contributed by atoms with Gasteiger partial charge in [-0.1, -0.05) is 6.08 Å². The van der Waals surface area contributed by atoms with Crippen molar-refractivity contribution < 1.29 is 13.9 Å². The van der Waals surface area contributed by atoms with Gasteiger partial charge in [-0.05, 0) is 37.1 Å². The summed E-state index contributed by atoms with van der Waals surface area (Å²) in [5, 5.41) is 0. The van der Waals surface area contributed by atoms with Crippen LogP contribution in [0, 0.1) is 5.82 Å². The Bertz CT molecular complexity index is 347. The minimum Gasteiger partial charge on any atom is -0.491 e. The van der Waals surface area contributed by atoms with Gasteiger partial charge in [0, 0.05) is 0 Å². The molecule has 3 heteroatoms. The molecule has 0 radical (unpaired) electrons. The lowest BCUT2D eigenvalue weighted by Gasteiger charge is -2.12. The average molecular weight is 222 g/mol. The van der Waals surface area contributed by atoms with Crippen molar-refractivity contribution in [1.82, 2.24) is 0 Å². The molecule has 1 fully saturated rings. The lowest BCUT2D eigenvalue weighted by molar-refractivity contribution is 0.0384. The number of rotatable bonds is 4. The molecule has 0 amide bonds. The Balaban J connectivity index is 1.79. The van der Waals surface area contributed by atoms with E-state index in [0.29, 0.717) is 12.4 Å². The van der Waals surface area contributed by atoms with Crippen LogP contribution >= 0.6 is 0 Å².